The molecule has 0 bridgehead atoms. The first-order chi connectivity index (χ1) is 15.2. The van der Waals surface area contributed by atoms with Crippen molar-refractivity contribution in [2.75, 3.05) is 32.9 Å². The predicted molar refractivity (Wildman–Crippen MR) is 118 cm³/mol. The molecule has 3 aliphatic heterocycles. The molecule has 6 heteroatoms. The maximum absolute atomic E-state index is 13.9. The SMILES string of the molecule is O=C1N(CC2CCCCCCC2)CN(C(c2ccc(F)cc2)C2CO2)C12CCNCC2. The summed E-state index contributed by atoms with van der Waals surface area (Å²) in [6.07, 6.45) is 10.8. The fourth-order valence-electron chi connectivity index (χ4n) is 6.16. The average molecular weight is 430 g/mol. The van der Waals surface area contributed by atoms with Gasteiger partial charge in [0.2, 0.25) is 5.91 Å². The van der Waals surface area contributed by atoms with E-state index in [4.69, 9.17) is 4.74 Å². The van der Waals surface area contributed by atoms with Gasteiger partial charge in [0.15, 0.2) is 0 Å². The first-order valence-corrected chi connectivity index (χ1v) is 12.3. The van der Waals surface area contributed by atoms with Crippen LogP contribution in [0.5, 0.6) is 0 Å². The van der Waals surface area contributed by atoms with E-state index < -0.39 is 5.54 Å². The van der Waals surface area contributed by atoms with E-state index in [0.29, 0.717) is 25.1 Å². The number of amides is 1. The summed E-state index contributed by atoms with van der Waals surface area (Å²) in [6, 6.07) is 6.81. The molecule has 5 nitrogen and oxygen atoms in total. The quantitative estimate of drug-likeness (QED) is 0.723. The molecule has 3 heterocycles. The van der Waals surface area contributed by atoms with Crippen molar-refractivity contribution in [3.05, 3.63) is 35.6 Å². The van der Waals surface area contributed by atoms with Gasteiger partial charge in [-0.15, -0.1) is 0 Å². The van der Waals surface area contributed by atoms with E-state index >= 15 is 0 Å². The first-order valence-electron chi connectivity index (χ1n) is 12.3. The number of epoxide rings is 1. The van der Waals surface area contributed by atoms with E-state index in [9.17, 15) is 9.18 Å². The highest BCUT2D eigenvalue weighted by Crippen LogP contribution is 2.45. The van der Waals surface area contributed by atoms with Crippen LogP contribution >= 0.6 is 0 Å². The minimum atomic E-state index is -0.460. The van der Waals surface area contributed by atoms with Crippen LogP contribution in [0.2, 0.25) is 0 Å². The number of ether oxygens (including phenoxy) is 1. The van der Waals surface area contributed by atoms with Crippen molar-refractivity contribution in [1.82, 2.24) is 15.1 Å². The Kier molecular flexibility index (Phi) is 6.31. The molecule has 0 radical (unpaired) electrons. The van der Waals surface area contributed by atoms with Gasteiger partial charge in [-0.3, -0.25) is 9.69 Å². The van der Waals surface area contributed by atoms with Crippen LogP contribution in [-0.4, -0.2) is 60.3 Å². The number of rotatable bonds is 5. The second kappa shape index (κ2) is 9.16. The van der Waals surface area contributed by atoms with Crippen LogP contribution in [0.1, 0.15) is 69.4 Å². The monoisotopic (exact) mass is 429 g/mol. The Labute approximate surface area is 185 Å². The number of nitrogens with one attached hydrogen (secondary N) is 1. The van der Waals surface area contributed by atoms with Gasteiger partial charge in [-0.2, -0.15) is 0 Å². The number of nitrogens with zero attached hydrogens (tertiary/aromatic N) is 2. The van der Waals surface area contributed by atoms with E-state index in [1.807, 2.05) is 12.1 Å². The zero-order valence-electron chi connectivity index (χ0n) is 18.5. The lowest BCUT2D eigenvalue weighted by molar-refractivity contribution is -0.136. The van der Waals surface area contributed by atoms with Crippen molar-refractivity contribution in [3.8, 4) is 0 Å². The molecule has 1 N–H and O–H groups in total. The van der Waals surface area contributed by atoms with Crippen LogP contribution < -0.4 is 5.32 Å². The van der Waals surface area contributed by atoms with Crippen LogP contribution in [0.15, 0.2) is 24.3 Å². The summed E-state index contributed by atoms with van der Waals surface area (Å²) in [5.74, 6) is 0.701. The van der Waals surface area contributed by atoms with Gasteiger partial charge in [-0.25, -0.2) is 4.39 Å². The van der Waals surface area contributed by atoms with Crippen molar-refractivity contribution in [2.24, 2.45) is 5.92 Å². The Balaban J connectivity index is 1.41. The predicted octanol–water partition coefficient (Wildman–Crippen LogP) is 3.85. The summed E-state index contributed by atoms with van der Waals surface area (Å²) >= 11 is 0. The summed E-state index contributed by atoms with van der Waals surface area (Å²) in [5.41, 5.74) is 0.597. The summed E-state index contributed by atoms with van der Waals surface area (Å²) in [4.78, 5) is 18.5. The lowest BCUT2D eigenvalue weighted by atomic mass is 9.84. The van der Waals surface area contributed by atoms with Crippen molar-refractivity contribution in [1.29, 1.82) is 0 Å². The Morgan fingerprint density at radius 3 is 2.35 bits per heavy atom. The van der Waals surface area contributed by atoms with Crippen molar-refractivity contribution in [2.45, 2.75) is 75.5 Å². The van der Waals surface area contributed by atoms with Gasteiger partial charge >= 0.3 is 0 Å². The molecule has 31 heavy (non-hydrogen) atoms. The van der Waals surface area contributed by atoms with E-state index in [1.54, 1.807) is 0 Å². The topological polar surface area (TPSA) is 48.1 Å². The van der Waals surface area contributed by atoms with Gasteiger partial charge in [0.1, 0.15) is 17.5 Å². The number of benzene rings is 1. The molecule has 1 amide bonds. The summed E-state index contributed by atoms with van der Waals surface area (Å²) < 4.78 is 19.4. The Morgan fingerprint density at radius 2 is 1.71 bits per heavy atom. The molecular formula is C25H36FN3O2. The molecule has 2 atom stereocenters. The summed E-state index contributed by atoms with van der Waals surface area (Å²) in [6.45, 7) is 3.98. The van der Waals surface area contributed by atoms with E-state index in [0.717, 1.165) is 38.0 Å². The highest BCUT2D eigenvalue weighted by atomic mass is 19.1. The fourth-order valence-corrected chi connectivity index (χ4v) is 6.16. The largest absolute Gasteiger partial charge is 0.371 e. The van der Waals surface area contributed by atoms with Crippen LogP contribution in [0.25, 0.3) is 0 Å². The Bertz CT molecular complexity index is 753. The third-order valence-corrected chi connectivity index (χ3v) is 7.95. The second-order valence-electron chi connectivity index (χ2n) is 10.00. The molecule has 1 aliphatic carbocycles. The molecule has 170 valence electrons. The third kappa shape index (κ3) is 4.39. The van der Waals surface area contributed by atoms with Crippen molar-refractivity contribution < 1.29 is 13.9 Å². The molecule has 4 fully saturated rings. The number of hydrogen-bond donors (Lipinski definition) is 1. The lowest BCUT2D eigenvalue weighted by Gasteiger charge is -2.42. The van der Waals surface area contributed by atoms with Gasteiger partial charge in [0.05, 0.1) is 19.3 Å². The summed E-state index contributed by atoms with van der Waals surface area (Å²) in [5, 5.41) is 3.44. The third-order valence-electron chi connectivity index (χ3n) is 7.95. The number of carbonyl (C=O) groups excluding carboxylic acids is 1. The van der Waals surface area contributed by atoms with Gasteiger partial charge in [0.25, 0.3) is 0 Å². The van der Waals surface area contributed by atoms with Crippen LogP contribution in [0.4, 0.5) is 4.39 Å². The molecule has 1 spiro atoms. The van der Waals surface area contributed by atoms with Crippen LogP contribution in [0.3, 0.4) is 0 Å². The van der Waals surface area contributed by atoms with Gasteiger partial charge < -0.3 is 15.0 Å². The molecule has 1 aromatic carbocycles. The maximum atomic E-state index is 13.9. The molecule has 3 saturated heterocycles. The molecule has 4 aliphatic rings. The van der Waals surface area contributed by atoms with E-state index in [2.05, 4.69) is 15.1 Å². The van der Waals surface area contributed by atoms with Crippen molar-refractivity contribution >= 4 is 5.91 Å². The molecule has 1 aromatic rings. The standard InChI is InChI=1S/C25H36FN3O2/c26-21-10-8-20(9-11-21)23(22-17-31-22)29-18-28(16-19-6-4-2-1-3-5-7-19)24(30)25(29)12-14-27-15-13-25/h8-11,19,22-23,27H,1-7,12-18H2. The van der Waals surface area contributed by atoms with Gasteiger partial charge in [-0.1, -0.05) is 44.2 Å². The second-order valence-corrected chi connectivity index (χ2v) is 10.00. The van der Waals surface area contributed by atoms with Crippen molar-refractivity contribution in [3.63, 3.8) is 0 Å². The van der Waals surface area contributed by atoms with Crippen LogP contribution in [-0.2, 0) is 9.53 Å². The number of carbonyl (C=O) groups is 1. The highest BCUT2D eigenvalue weighted by molar-refractivity contribution is 5.88. The molecule has 1 saturated carbocycles. The lowest BCUT2D eigenvalue weighted by Crippen LogP contribution is -2.57. The van der Waals surface area contributed by atoms with E-state index in [1.165, 1.54) is 57.1 Å². The minimum absolute atomic E-state index is 0.00461. The normalized spacial score (nSPS) is 28.5. The average Bonchev–Trinajstić information content (AvgIpc) is 3.57. The van der Waals surface area contributed by atoms with Gasteiger partial charge in [-0.05, 0) is 62.4 Å². The zero-order chi connectivity index (χ0) is 21.3. The summed E-state index contributed by atoms with van der Waals surface area (Å²) in [7, 11) is 0. The molecule has 2 unspecified atom stereocenters. The van der Waals surface area contributed by atoms with E-state index in [-0.39, 0.29) is 18.0 Å². The minimum Gasteiger partial charge on any atom is -0.371 e. The molecular weight excluding hydrogens is 393 g/mol. The first kappa shape index (κ1) is 21.4. The zero-order valence-corrected chi connectivity index (χ0v) is 18.5. The molecule has 5 rings (SSSR count). The fraction of sp³-hybridized carbons (Fsp3) is 0.720. The Hall–Kier alpha value is -1.50. The smallest absolute Gasteiger partial charge is 0.244 e. The Morgan fingerprint density at radius 1 is 1.06 bits per heavy atom. The van der Waals surface area contributed by atoms with Crippen LogP contribution in [0, 0.1) is 11.7 Å². The highest BCUT2D eigenvalue weighted by Gasteiger charge is 2.57. The molecule has 0 aromatic heterocycles. The van der Waals surface area contributed by atoms with Gasteiger partial charge in [0, 0.05) is 6.54 Å². The number of halogens is 1. The number of piperidine rings is 1. The number of hydrogen-bond acceptors (Lipinski definition) is 4. The maximum Gasteiger partial charge on any atom is 0.244 e.